The fourth-order valence-electron chi connectivity index (χ4n) is 0.565. The second kappa shape index (κ2) is 6.62. The molecule has 60 valence electrons. The molecular formula is C7H14ClNO. The highest BCUT2D eigenvalue weighted by Crippen LogP contribution is 1.87. The van der Waals surface area contributed by atoms with Crippen molar-refractivity contribution in [2.24, 2.45) is 0 Å². The molecule has 0 saturated carbocycles. The Morgan fingerprint density at radius 1 is 1.70 bits per heavy atom. The molecule has 0 spiro atoms. The van der Waals surface area contributed by atoms with E-state index < -0.39 is 0 Å². The molecule has 0 rings (SSSR count). The Balaban J connectivity index is 0. The summed E-state index contributed by atoms with van der Waals surface area (Å²) in [6, 6.07) is 0. The van der Waals surface area contributed by atoms with Crippen LogP contribution in [-0.2, 0) is 4.79 Å². The van der Waals surface area contributed by atoms with E-state index in [0.717, 1.165) is 0 Å². The maximum Gasteiger partial charge on any atom is 0.222 e. The van der Waals surface area contributed by atoms with Crippen molar-refractivity contribution in [3.8, 4) is 0 Å². The molecule has 0 radical (unpaired) electrons. The molecule has 0 aliphatic carbocycles. The first-order valence-electron chi connectivity index (χ1n) is 3.07. The van der Waals surface area contributed by atoms with Crippen molar-refractivity contribution < 1.29 is 4.79 Å². The molecule has 0 aliphatic rings. The molecule has 0 fully saturated rings. The van der Waals surface area contributed by atoms with Crippen LogP contribution in [0.15, 0.2) is 12.7 Å². The number of likely N-dealkylation sites (N-methyl/N-ethyl adjacent to an activating group) is 1. The van der Waals surface area contributed by atoms with Crippen LogP contribution in [0.25, 0.3) is 0 Å². The lowest BCUT2D eigenvalue weighted by molar-refractivity contribution is -0.129. The monoisotopic (exact) mass is 163 g/mol. The molecule has 0 N–H and O–H groups in total. The van der Waals surface area contributed by atoms with Crippen LogP contribution in [0, 0.1) is 0 Å². The van der Waals surface area contributed by atoms with Crippen LogP contribution in [-0.4, -0.2) is 24.4 Å². The van der Waals surface area contributed by atoms with Gasteiger partial charge in [0.1, 0.15) is 0 Å². The summed E-state index contributed by atoms with van der Waals surface area (Å²) in [6.07, 6.45) is 2.29. The minimum absolute atomic E-state index is 0. The molecule has 0 heterocycles. The second-order valence-corrected chi connectivity index (χ2v) is 1.92. The van der Waals surface area contributed by atoms with Crippen molar-refractivity contribution in [3.05, 3.63) is 12.7 Å². The van der Waals surface area contributed by atoms with Crippen molar-refractivity contribution >= 4 is 18.3 Å². The van der Waals surface area contributed by atoms with Crippen LogP contribution in [0.1, 0.15) is 13.3 Å². The van der Waals surface area contributed by atoms with Gasteiger partial charge < -0.3 is 4.90 Å². The van der Waals surface area contributed by atoms with Crippen LogP contribution in [0.3, 0.4) is 0 Å². The predicted molar refractivity (Wildman–Crippen MR) is 45.4 cm³/mol. The lowest BCUT2D eigenvalue weighted by atomic mass is 10.4. The highest BCUT2D eigenvalue weighted by atomic mass is 35.5. The number of carbonyl (C=O) groups excluding carboxylic acids is 1. The van der Waals surface area contributed by atoms with Crippen LogP contribution in [0.2, 0.25) is 0 Å². The van der Waals surface area contributed by atoms with E-state index >= 15 is 0 Å². The summed E-state index contributed by atoms with van der Waals surface area (Å²) in [7, 11) is 1.77. The molecular weight excluding hydrogens is 150 g/mol. The van der Waals surface area contributed by atoms with E-state index in [-0.39, 0.29) is 18.3 Å². The van der Waals surface area contributed by atoms with E-state index in [9.17, 15) is 4.79 Å². The molecule has 0 unspecified atom stereocenters. The summed E-state index contributed by atoms with van der Waals surface area (Å²) < 4.78 is 0. The summed E-state index contributed by atoms with van der Waals surface area (Å²) >= 11 is 0. The topological polar surface area (TPSA) is 20.3 Å². The van der Waals surface area contributed by atoms with E-state index in [0.29, 0.717) is 13.0 Å². The summed E-state index contributed by atoms with van der Waals surface area (Å²) in [5.41, 5.74) is 0. The Morgan fingerprint density at radius 2 is 2.20 bits per heavy atom. The predicted octanol–water partition coefficient (Wildman–Crippen LogP) is 1.46. The van der Waals surface area contributed by atoms with Crippen LogP contribution in [0.4, 0.5) is 0 Å². The standard InChI is InChI=1S/C7H13NO.ClH/c1-4-6-8(3)7(9)5-2;/h4H,1,5-6H2,2-3H3;1H. The minimum atomic E-state index is 0. The first kappa shape index (κ1) is 12.2. The molecule has 3 heteroatoms. The maximum absolute atomic E-state index is 10.8. The lowest BCUT2D eigenvalue weighted by Gasteiger charge is -2.12. The van der Waals surface area contributed by atoms with Gasteiger partial charge in [-0.2, -0.15) is 0 Å². The average Bonchev–Trinajstić information content (AvgIpc) is 1.87. The SMILES string of the molecule is C=CCN(C)C(=O)CC.Cl. The van der Waals surface area contributed by atoms with Gasteiger partial charge in [0, 0.05) is 20.0 Å². The first-order valence-corrected chi connectivity index (χ1v) is 3.07. The minimum Gasteiger partial charge on any atom is -0.342 e. The molecule has 10 heavy (non-hydrogen) atoms. The van der Waals surface area contributed by atoms with Gasteiger partial charge in [-0.25, -0.2) is 0 Å². The Labute approximate surface area is 68.3 Å². The second-order valence-electron chi connectivity index (χ2n) is 1.92. The van der Waals surface area contributed by atoms with Crippen molar-refractivity contribution in [3.63, 3.8) is 0 Å². The zero-order valence-corrected chi connectivity index (χ0v) is 7.28. The normalized spacial score (nSPS) is 7.80. The molecule has 0 atom stereocenters. The largest absolute Gasteiger partial charge is 0.342 e. The molecule has 0 saturated heterocycles. The maximum atomic E-state index is 10.8. The quantitative estimate of drug-likeness (QED) is 0.577. The third-order valence-electron chi connectivity index (χ3n) is 1.13. The number of carbonyl (C=O) groups is 1. The van der Waals surface area contributed by atoms with Crippen molar-refractivity contribution in [2.75, 3.05) is 13.6 Å². The van der Waals surface area contributed by atoms with Gasteiger partial charge in [-0.15, -0.1) is 19.0 Å². The Bertz CT molecular complexity index is 114. The van der Waals surface area contributed by atoms with E-state index in [2.05, 4.69) is 6.58 Å². The molecule has 0 aliphatic heterocycles. The molecule has 2 nitrogen and oxygen atoms in total. The Hall–Kier alpha value is -0.500. The summed E-state index contributed by atoms with van der Waals surface area (Å²) in [5.74, 6) is 0.162. The van der Waals surface area contributed by atoms with Gasteiger partial charge in [-0.3, -0.25) is 4.79 Å². The average molecular weight is 164 g/mol. The molecule has 0 aromatic rings. The first-order chi connectivity index (χ1) is 4.22. The van der Waals surface area contributed by atoms with Gasteiger partial charge in [0.15, 0.2) is 0 Å². The third kappa shape index (κ3) is 4.39. The van der Waals surface area contributed by atoms with Gasteiger partial charge in [0.2, 0.25) is 5.91 Å². The van der Waals surface area contributed by atoms with Crippen molar-refractivity contribution in [1.29, 1.82) is 0 Å². The molecule has 0 aromatic carbocycles. The number of amides is 1. The summed E-state index contributed by atoms with van der Waals surface area (Å²) in [6.45, 7) is 6.02. The van der Waals surface area contributed by atoms with Crippen molar-refractivity contribution in [1.82, 2.24) is 4.90 Å². The van der Waals surface area contributed by atoms with Gasteiger partial charge >= 0.3 is 0 Å². The summed E-state index contributed by atoms with van der Waals surface area (Å²) in [4.78, 5) is 12.4. The number of nitrogens with zero attached hydrogens (tertiary/aromatic N) is 1. The van der Waals surface area contributed by atoms with Crippen LogP contribution < -0.4 is 0 Å². The van der Waals surface area contributed by atoms with E-state index in [1.165, 1.54) is 0 Å². The number of hydrogen-bond acceptors (Lipinski definition) is 1. The van der Waals surface area contributed by atoms with Crippen LogP contribution >= 0.6 is 12.4 Å². The highest BCUT2D eigenvalue weighted by molar-refractivity contribution is 5.85. The third-order valence-corrected chi connectivity index (χ3v) is 1.13. The van der Waals surface area contributed by atoms with Crippen molar-refractivity contribution in [2.45, 2.75) is 13.3 Å². The Kier molecular flexibility index (Phi) is 8.07. The highest BCUT2D eigenvalue weighted by Gasteiger charge is 2.00. The number of halogens is 1. The zero-order chi connectivity index (χ0) is 7.28. The van der Waals surface area contributed by atoms with Crippen LogP contribution in [0.5, 0.6) is 0 Å². The van der Waals surface area contributed by atoms with Gasteiger partial charge in [0.05, 0.1) is 0 Å². The van der Waals surface area contributed by atoms with E-state index in [4.69, 9.17) is 0 Å². The number of hydrogen-bond donors (Lipinski definition) is 0. The van der Waals surface area contributed by atoms with Gasteiger partial charge in [0.25, 0.3) is 0 Å². The lowest BCUT2D eigenvalue weighted by Crippen LogP contribution is -2.25. The fourth-order valence-corrected chi connectivity index (χ4v) is 0.565. The molecule has 1 amide bonds. The summed E-state index contributed by atoms with van der Waals surface area (Å²) in [5, 5.41) is 0. The molecule has 0 bridgehead atoms. The van der Waals surface area contributed by atoms with Gasteiger partial charge in [-0.1, -0.05) is 13.0 Å². The Morgan fingerprint density at radius 3 is 2.50 bits per heavy atom. The van der Waals surface area contributed by atoms with E-state index in [1.807, 2.05) is 6.92 Å². The van der Waals surface area contributed by atoms with E-state index in [1.54, 1.807) is 18.0 Å². The fraction of sp³-hybridized carbons (Fsp3) is 0.571. The smallest absolute Gasteiger partial charge is 0.222 e. The van der Waals surface area contributed by atoms with Gasteiger partial charge in [-0.05, 0) is 0 Å². The molecule has 0 aromatic heterocycles. The number of rotatable bonds is 3. The zero-order valence-electron chi connectivity index (χ0n) is 6.46.